The average Bonchev–Trinajstić information content (AvgIpc) is 2.93. The van der Waals surface area contributed by atoms with E-state index in [9.17, 15) is 4.79 Å². The molecule has 5 heteroatoms. The number of methoxy groups -OCH3 is 1. The molecule has 2 rings (SSSR count). The number of nitrogens with zero attached hydrogens (tertiary/aromatic N) is 1. The molecule has 1 aromatic carbocycles. The molecule has 0 N–H and O–H groups in total. The third-order valence-electron chi connectivity index (χ3n) is 3.19. The van der Waals surface area contributed by atoms with Gasteiger partial charge in [-0.2, -0.15) is 0 Å². The molecule has 0 fully saturated rings. The number of thiophene rings is 1. The minimum Gasteiger partial charge on any atom is -0.497 e. The first-order chi connectivity index (χ1) is 10.6. The second-order valence-corrected chi connectivity index (χ2v) is 6.59. The maximum Gasteiger partial charge on any atom is 0.227 e. The molecule has 3 nitrogen and oxygen atoms in total. The highest BCUT2D eigenvalue weighted by Gasteiger charge is 2.14. The lowest BCUT2D eigenvalue weighted by Crippen LogP contribution is -2.31. The van der Waals surface area contributed by atoms with Crippen LogP contribution in [0.25, 0.3) is 0 Å². The van der Waals surface area contributed by atoms with Crippen molar-refractivity contribution >= 4 is 28.8 Å². The lowest BCUT2D eigenvalue weighted by atomic mass is 10.1. The summed E-state index contributed by atoms with van der Waals surface area (Å²) >= 11 is 7.43. The lowest BCUT2D eigenvalue weighted by Gasteiger charge is -2.20. The van der Waals surface area contributed by atoms with E-state index >= 15 is 0 Å². The second kappa shape index (κ2) is 8.01. The van der Waals surface area contributed by atoms with E-state index in [2.05, 4.69) is 6.58 Å². The first-order valence-electron chi connectivity index (χ1n) is 6.88. The standard InChI is InChI=1S/C17H18ClNO2S/c1-3-10-19(12-15-8-9-16(18)22-15)17(20)11-13-4-6-14(21-2)7-5-13/h3-9H,1,10-12H2,2H3. The van der Waals surface area contributed by atoms with Crippen molar-refractivity contribution < 1.29 is 9.53 Å². The minimum atomic E-state index is 0.0644. The van der Waals surface area contributed by atoms with Crippen molar-refractivity contribution in [3.8, 4) is 5.75 Å². The van der Waals surface area contributed by atoms with Gasteiger partial charge in [0.05, 0.1) is 24.4 Å². The normalized spacial score (nSPS) is 10.3. The fraction of sp³-hybridized carbons (Fsp3) is 0.235. The Hall–Kier alpha value is -1.78. The van der Waals surface area contributed by atoms with E-state index < -0.39 is 0 Å². The quantitative estimate of drug-likeness (QED) is 0.711. The molecule has 0 saturated heterocycles. The van der Waals surface area contributed by atoms with Crippen LogP contribution in [-0.4, -0.2) is 24.5 Å². The lowest BCUT2D eigenvalue weighted by molar-refractivity contribution is -0.130. The summed E-state index contributed by atoms with van der Waals surface area (Å²) in [6.45, 7) is 4.80. The molecule has 0 aliphatic rings. The third-order valence-corrected chi connectivity index (χ3v) is 4.41. The Kier molecular flexibility index (Phi) is 6.04. The van der Waals surface area contributed by atoms with Crippen LogP contribution >= 0.6 is 22.9 Å². The Bertz CT molecular complexity index is 636. The van der Waals surface area contributed by atoms with Crippen LogP contribution in [0, 0.1) is 0 Å². The van der Waals surface area contributed by atoms with Gasteiger partial charge in [-0.15, -0.1) is 17.9 Å². The van der Waals surface area contributed by atoms with Gasteiger partial charge < -0.3 is 9.64 Å². The summed E-state index contributed by atoms with van der Waals surface area (Å²) in [5.74, 6) is 0.849. The predicted octanol–water partition coefficient (Wildman–Crippen LogP) is 4.17. The van der Waals surface area contributed by atoms with Gasteiger partial charge in [-0.3, -0.25) is 4.79 Å². The summed E-state index contributed by atoms with van der Waals surface area (Å²) in [5, 5.41) is 0. The van der Waals surface area contributed by atoms with Gasteiger partial charge in [-0.25, -0.2) is 0 Å². The Balaban J connectivity index is 2.03. The van der Waals surface area contributed by atoms with E-state index in [0.29, 0.717) is 19.5 Å². The number of ether oxygens (including phenoxy) is 1. The van der Waals surface area contributed by atoms with Crippen LogP contribution in [0.5, 0.6) is 5.75 Å². The summed E-state index contributed by atoms with van der Waals surface area (Å²) in [5.41, 5.74) is 0.962. The van der Waals surface area contributed by atoms with Gasteiger partial charge in [0.1, 0.15) is 5.75 Å². The molecule has 1 heterocycles. The van der Waals surface area contributed by atoms with Crippen LogP contribution in [0.3, 0.4) is 0 Å². The number of hydrogen-bond acceptors (Lipinski definition) is 3. The Morgan fingerprint density at radius 1 is 1.32 bits per heavy atom. The SMILES string of the molecule is C=CCN(Cc1ccc(Cl)s1)C(=O)Cc1ccc(OC)cc1. The molecule has 1 aromatic heterocycles. The van der Waals surface area contributed by atoms with E-state index in [-0.39, 0.29) is 5.91 Å². The molecule has 0 saturated carbocycles. The molecule has 0 aliphatic heterocycles. The summed E-state index contributed by atoms with van der Waals surface area (Å²) in [7, 11) is 1.62. The highest BCUT2D eigenvalue weighted by Crippen LogP contribution is 2.23. The van der Waals surface area contributed by atoms with Crippen molar-refractivity contribution in [2.24, 2.45) is 0 Å². The fourth-order valence-corrected chi connectivity index (χ4v) is 3.17. The monoisotopic (exact) mass is 335 g/mol. The number of hydrogen-bond donors (Lipinski definition) is 0. The zero-order valence-corrected chi connectivity index (χ0v) is 14.0. The molecule has 0 bridgehead atoms. The van der Waals surface area contributed by atoms with E-state index in [1.807, 2.05) is 36.4 Å². The number of amides is 1. The average molecular weight is 336 g/mol. The molecular weight excluding hydrogens is 318 g/mol. The van der Waals surface area contributed by atoms with Crippen molar-refractivity contribution in [2.45, 2.75) is 13.0 Å². The van der Waals surface area contributed by atoms with Crippen LogP contribution in [0.15, 0.2) is 49.1 Å². The zero-order chi connectivity index (χ0) is 15.9. The smallest absolute Gasteiger partial charge is 0.227 e. The summed E-state index contributed by atoms with van der Waals surface area (Å²) < 4.78 is 5.85. The second-order valence-electron chi connectivity index (χ2n) is 4.79. The van der Waals surface area contributed by atoms with Crippen molar-refractivity contribution in [1.29, 1.82) is 0 Å². The van der Waals surface area contributed by atoms with Crippen molar-refractivity contribution in [3.63, 3.8) is 0 Å². The molecule has 116 valence electrons. The first-order valence-corrected chi connectivity index (χ1v) is 8.07. The van der Waals surface area contributed by atoms with Crippen molar-refractivity contribution in [2.75, 3.05) is 13.7 Å². The van der Waals surface area contributed by atoms with E-state index in [4.69, 9.17) is 16.3 Å². The van der Waals surface area contributed by atoms with Gasteiger partial charge in [0, 0.05) is 11.4 Å². The van der Waals surface area contributed by atoms with Crippen LogP contribution in [0.1, 0.15) is 10.4 Å². The maximum absolute atomic E-state index is 12.5. The largest absolute Gasteiger partial charge is 0.497 e. The highest BCUT2D eigenvalue weighted by atomic mass is 35.5. The molecular formula is C17H18ClNO2S. The van der Waals surface area contributed by atoms with E-state index in [0.717, 1.165) is 20.5 Å². The minimum absolute atomic E-state index is 0.0644. The number of halogens is 1. The van der Waals surface area contributed by atoms with Gasteiger partial charge in [-0.1, -0.05) is 29.8 Å². The topological polar surface area (TPSA) is 29.5 Å². The number of carbonyl (C=O) groups excluding carboxylic acids is 1. The van der Waals surface area contributed by atoms with Gasteiger partial charge in [-0.05, 0) is 29.8 Å². The Morgan fingerprint density at radius 2 is 2.05 bits per heavy atom. The van der Waals surface area contributed by atoms with Crippen molar-refractivity contribution in [3.05, 3.63) is 63.8 Å². The summed E-state index contributed by atoms with van der Waals surface area (Å²) in [4.78, 5) is 15.3. The van der Waals surface area contributed by atoms with Gasteiger partial charge in [0.15, 0.2) is 0 Å². The number of rotatable bonds is 7. The third kappa shape index (κ3) is 4.61. The van der Waals surface area contributed by atoms with Crippen LogP contribution in [-0.2, 0) is 17.8 Å². The van der Waals surface area contributed by atoms with Gasteiger partial charge in [0.25, 0.3) is 0 Å². The van der Waals surface area contributed by atoms with Gasteiger partial charge in [0.2, 0.25) is 5.91 Å². The fourth-order valence-electron chi connectivity index (χ4n) is 2.07. The van der Waals surface area contributed by atoms with E-state index in [1.54, 1.807) is 18.1 Å². The summed E-state index contributed by atoms with van der Waals surface area (Å²) in [6.07, 6.45) is 2.10. The molecule has 1 amide bonds. The molecule has 0 radical (unpaired) electrons. The molecule has 0 spiro atoms. The highest BCUT2D eigenvalue weighted by molar-refractivity contribution is 7.16. The summed E-state index contributed by atoms with van der Waals surface area (Å²) in [6, 6.07) is 11.3. The molecule has 0 aliphatic carbocycles. The van der Waals surface area contributed by atoms with Gasteiger partial charge >= 0.3 is 0 Å². The Morgan fingerprint density at radius 3 is 2.59 bits per heavy atom. The predicted molar refractivity (Wildman–Crippen MR) is 91.6 cm³/mol. The van der Waals surface area contributed by atoms with Crippen LogP contribution in [0.2, 0.25) is 4.34 Å². The number of benzene rings is 1. The Labute approximate surface area is 139 Å². The zero-order valence-electron chi connectivity index (χ0n) is 12.4. The van der Waals surface area contributed by atoms with Crippen molar-refractivity contribution in [1.82, 2.24) is 4.90 Å². The van der Waals surface area contributed by atoms with Crippen LogP contribution in [0.4, 0.5) is 0 Å². The number of carbonyl (C=O) groups is 1. The first kappa shape index (κ1) is 16.6. The van der Waals surface area contributed by atoms with Crippen LogP contribution < -0.4 is 4.74 Å². The molecule has 0 unspecified atom stereocenters. The van der Waals surface area contributed by atoms with E-state index in [1.165, 1.54) is 11.3 Å². The molecule has 2 aromatic rings. The maximum atomic E-state index is 12.5. The molecule has 22 heavy (non-hydrogen) atoms. The molecule has 0 atom stereocenters.